The number of phenols is 1. The number of phenolic OH excluding ortho intramolecular Hbond substituents is 1. The second-order valence-electron chi connectivity index (χ2n) is 5.39. The first kappa shape index (κ1) is 14.0. The maximum absolute atomic E-state index is 12.3. The lowest BCUT2D eigenvalue weighted by Crippen LogP contribution is -2.38. The van der Waals surface area contributed by atoms with Crippen LogP contribution in [0, 0.1) is 0 Å². The van der Waals surface area contributed by atoms with Gasteiger partial charge in [-0.25, -0.2) is 0 Å². The molecule has 1 aromatic carbocycles. The number of hydrogen-bond acceptors (Lipinski definition) is 2. The van der Waals surface area contributed by atoms with Crippen molar-refractivity contribution in [2.75, 3.05) is 13.1 Å². The van der Waals surface area contributed by atoms with E-state index in [0.717, 1.165) is 31.5 Å². The molecule has 0 radical (unpaired) electrons. The summed E-state index contributed by atoms with van der Waals surface area (Å²) in [6, 6.07) is 9.05. The van der Waals surface area contributed by atoms with Crippen molar-refractivity contribution in [3.05, 3.63) is 52.8 Å². The first-order valence-electron chi connectivity index (χ1n) is 7.05. The smallest absolute Gasteiger partial charge is 0.270 e. The molecule has 1 saturated heterocycles. The highest BCUT2D eigenvalue weighted by molar-refractivity contribution is 6.30. The van der Waals surface area contributed by atoms with Crippen LogP contribution in [0.2, 0.25) is 5.02 Å². The van der Waals surface area contributed by atoms with E-state index in [-0.39, 0.29) is 5.91 Å². The van der Waals surface area contributed by atoms with Gasteiger partial charge in [-0.15, -0.1) is 0 Å². The number of piperidine rings is 1. The monoisotopic (exact) mass is 304 g/mol. The molecule has 0 atom stereocenters. The molecule has 2 aromatic rings. The molecule has 1 aromatic heterocycles. The average Bonchev–Trinajstić information content (AvgIpc) is 2.93. The number of likely N-dealkylation sites (tertiary alicyclic amines) is 1. The van der Waals surface area contributed by atoms with E-state index in [1.807, 2.05) is 23.1 Å². The van der Waals surface area contributed by atoms with Crippen molar-refractivity contribution >= 4 is 17.5 Å². The summed E-state index contributed by atoms with van der Waals surface area (Å²) in [6.07, 6.45) is 3.43. The minimum Gasteiger partial charge on any atom is -0.508 e. The minimum atomic E-state index is -0.00346. The Kier molecular flexibility index (Phi) is 3.88. The van der Waals surface area contributed by atoms with Crippen molar-refractivity contribution in [2.45, 2.75) is 18.8 Å². The maximum Gasteiger partial charge on any atom is 0.270 e. The Morgan fingerprint density at radius 2 is 2.05 bits per heavy atom. The highest BCUT2D eigenvalue weighted by Crippen LogP contribution is 2.30. The van der Waals surface area contributed by atoms with Crippen LogP contribution in [0.5, 0.6) is 5.75 Å². The Labute approximate surface area is 128 Å². The first-order chi connectivity index (χ1) is 10.1. The van der Waals surface area contributed by atoms with E-state index in [1.54, 1.807) is 18.3 Å². The lowest BCUT2D eigenvalue weighted by molar-refractivity contribution is 0.0707. The van der Waals surface area contributed by atoms with Crippen LogP contribution in [0.15, 0.2) is 36.5 Å². The molecule has 21 heavy (non-hydrogen) atoms. The van der Waals surface area contributed by atoms with Crippen LogP contribution in [-0.4, -0.2) is 34.0 Å². The number of amides is 1. The summed E-state index contributed by atoms with van der Waals surface area (Å²) in [7, 11) is 0. The molecule has 3 rings (SSSR count). The van der Waals surface area contributed by atoms with Gasteiger partial charge >= 0.3 is 0 Å². The molecule has 2 heterocycles. The van der Waals surface area contributed by atoms with Gasteiger partial charge in [0.05, 0.1) is 5.02 Å². The second-order valence-corrected chi connectivity index (χ2v) is 5.83. The Balaban J connectivity index is 1.64. The van der Waals surface area contributed by atoms with Crippen LogP contribution in [0.4, 0.5) is 0 Å². The molecule has 1 amide bonds. The molecule has 5 heteroatoms. The Morgan fingerprint density at radius 3 is 2.67 bits per heavy atom. The Morgan fingerprint density at radius 1 is 1.29 bits per heavy atom. The average molecular weight is 305 g/mol. The van der Waals surface area contributed by atoms with E-state index >= 15 is 0 Å². The van der Waals surface area contributed by atoms with E-state index < -0.39 is 0 Å². The fourth-order valence-corrected chi connectivity index (χ4v) is 3.02. The molecule has 1 aliphatic heterocycles. The number of aromatic nitrogens is 1. The van der Waals surface area contributed by atoms with Crippen LogP contribution >= 0.6 is 11.6 Å². The summed E-state index contributed by atoms with van der Waals surface area (Å²) in [4.78, 5) is 17.1. The molecule has 110 valence electrons. The number of benzene rings is 1. The van der Waals surface area contributed by atoms with Crippen LogP contribution in [0.25, 0.3) is 0 Å². The molecule has 0 saturated carbocycles. The molecule has 1 aliphatic rings. The highest BCUT2D eigenvalue weighted by atomic mass is 35.5. The van der Waals surface area contributed by atoms with Crippen molar-refractivity contribution < 1.29 is 9.90 Å². The standard InChI is InChI=1S/C16H17ClN2O2/c17-13-9-15(18-10-13)16(21)19-6-4-11(5-7-19)12-2-1-3-14(20)8-12/h1-3,8-11,18,20H,4-7H2. The fourth-order valence-electron chi connectivity index (χ4n) is 2.86. The minimum absolute atomic E-state index is 0.00346. The molecule has 4 nitrogen and oxygen atoms in total. The third-order valence-corrected chi connectivity index (χ3v) is 4.22. The van der Waals surface area contributed by atoms with Crippen LogP contribution in [0.3, 0.4) is 0 Å². The molecule has 2 N–H and O–H groups in total. The summed E-state index contributed by atoms with van der Waals surface area (Å²) in [5, 5.41) is 10.1. The third kappa shape index (κ3) is 3.05. The van der Waals surface area contributed by atoms with Crippen molar-refractivity contribution in [3.63, 3.8) is 0 Å². The predicted molar refractivity (Wildman–Crippen MR) is 81.8 cm³/mol. The number of carbonyl (C=O) groups excluding carboxylic acids is 1. The number of carbonyl (C=O) groups is 1. The third-order valence-electron chi connectivity index (χ3n) is 4.00. The number of aromatic amines is 1. The van der Waals surface area contributed by atoms with Crippen LogP contribution < -0.4 is 0 Å². The van der Waals surface area contributed by atoms with Gasteiger partial charge in [0, 0.05) is 19.3 Å². The summed E-state index contributed by atoms with van der Waals surface area (Å²) >= 11 is 5.84. The molecule has 0 spiro atoms. The van der Waals surface area contributed by atoms with Gasteiger partial charge in [-0.2, -0.15) is 0 Å². The predicted octanol–water partition coefficient (Wildman–Crippen LogP) is 3.39. The summed E-state index contributed by atoms with van der Waals surface area (Å²) in [6.45, 7) is 1.44. The van der Waals surface area contributed by atoms with Crippen LogP contribution in [0.1, 0.15) is 34.8 Å². The van der Waals surface area contributed by atoms with Gasteiger partial charge in [0.1, 0.15) is 11.4 Å². The molecular formula is C16H17ClN2O2. The first-order valence-corrected chi connectivity index (χ1v) is 7.43. The lowest BCUT2D eigenvalue weighted by atomic mass is 9.89. The Bertz CT molecular complexity index is 645. The zero-order valence-electron chi connectivity index (χ0n) is 11.6. The van der Waals surface area contributed by atoms with E-state index in [9.17, 15) is 9.90 Å². The van der Waals surface area contributed by atoms with E-state index in [4.69, 9.17) is 11.6 Å². The maximum atomic E-state index is 12.3. The van der Waals surface area contributed by atoms with Gasteiger partial charge in [0.15, 0.2) is 0 Å². The zero-order valence-corrected chi connectivity index (χ0v) is 12.3. The number of hydrogen-bond donors (Lipinski definition) is 2. The number of rotatable bonds is 2. The molecule has 0 bridgehead atoms. The second kappa shape index (κ2) is 5.82. The Hall–Kier alpha value is -1.94. The zero-order chi connectivity index (χ0) is 14.8. The fraction of sp³-hybridized carbons (Fsp3) is 0.312. The van der Waals surface area contributed by atoms with E-state index in [2.05, 4.69) is 4.98 Å². The van der Waals surface area contributed by atoms with Gasteiger partial charge in [0.2, 0.25) is 0 Å². The number of nitrogens with zero attached hydrogens (tertiary/aromatic N) is 1. The number of aromatic hydroxyl groups is 1. The lowest BCUT2D eigenvalue weighted by Gasteiger charge is -2.32. The molecular weight excluding hydrogens is 288 g/mol. The largest absolute Gasteiger partial charge is 0.508 e. The number of H-pyrrole nitrogens is 1. The van der Waals surface area contributed by atoms with Crippen molar-refractivity contribution in [1.29, 1.82) is 0 Å². The quantitative estimate of drug-likeness (QED) is 0.893. The van der Waals surface area contributed by atoms with Crippen molar-refractivity contribution in [1.82, 2.24) is 9.88 Å². The van der Waals surface area contributed by atoms with Gasteiger partial charge < -0.3 is 15.0 Å². The SMILES string of the molecule is O=C(c1cc(Cl)c[nH]1)N1CCC(c2cccc(O)c2)CC1. The van der Waals surface area contributed by atoms with E-state index in [0.29, 0.717) is 22.4 Å². The van der Waals surface area contributed by atoms with Crippen LogP contribution in [-0.2, 0) is 0 Å². The van der Waals surface area contributed by atoms with Gasteiger partial charge in [-0.3, -0.25) is 4.79 Å². The summed E-state index contributed by atoms with van der Waals surface area (Å²) in [5.41, 5.74) is 1.68. The summed E-state index contributed by atoms with van der Waals surface area (Å²) in [5.74, 6) is 0.691. The van der Waals surface area contributed by atoms with Gasteiger partial charge in [0.25, 0.3) is 5.91 Å². The van der Waals surface area contributed by atoms with Crippen molar-refractivity contribution in [2.24, 2.45) is 0 Å². The van der Waals surface area contributed by atoms with Gasteiger partial charge in [-0.1, -0.05) is 23.7 Å². The molecule has 0 aliphatic carbocycles. The summed E-state index contributed by atoms with van der Waals surface area (Å²) < 4.78 is 0. The number of nitrogens with one attached hydrogen (secondary N) is 1. The van der Waals surface area contributed by atoms with Gasteiger partial charge in [-0.05, 0) is 42.5 Å². The molecule has 0 unspecified atom stereocenters. The van der Waals surface area contributed by atoms with Crippen molar-refractivity contribution in [3.8, 4) is 5.75 Å². The topological polar surface area (TPSA) is 56.3 Å². The number of halogens is 1. The van der Waals surface area contributed by atoms with E-state index in [1.165, 1.54) is 0 Å². The normalized spacial score (nSPS) is 16.1. The molecule has 1 fully saturated rings. The highest BCUT2D eigenvalue weighted by Gasteiger charge is 2.25.